The molecule has 1 aromatic heterocycles. The highest BCUT2D eigenvalue weighted by molar-refractivity contribution is 7.99. The number of aryl methyl sites for hydroxylation is 1. The summed E-state index contributed by atoms with van der Waals surface area (Å²) < 4.78 is 22.8. The summed E-state index contributed by atoms with van der Waals surface area (Å²) in [5.41, 5.74) is 1.11. The molecular formula is C22H23N3O5S. The number of carbonyl (C=O) groups is 1. The zero-order valence-electron chi connectivity index (χ0n) is 17.3. The monoisotopic (exact) mass is 441 g/mol. The third kappa shape index (κ3) is 5.69. The molecule has 0 fully saturated rings. The molecule has 1 atom stereocenters. The minimum Gasteiger partial charge on any atom is -0.486 e. The Labute approximate surface area is 184 Å². The zero-order valence-corrected chi connectivity index (χ0v) is 18.1. The van der Waals surface area contributed by atoms with Crippen molar-refractivity contribution in [3.63, 3.8) is 0 Å². The molecule has 162 valence electrons. The van der Waals surface area contributed by atoms with E-state index in [2.05, 4.69) is 10.2 Å². The number of likely N-dealkylation sites (N-methyl/N-ethyl adjacent to an activating group) is 1. The first-order valence-electron chi connectivity index (χ1n) is 9.84. The lowest BCUT2D eigenvalue weighted by molar-refractivity contribution is -0.128. The van der Waals surface area contributed by atoms with Crippen LogP contribution in [-0.2, 0) is 11.4 Å². The maximum Gasteiger partial charge on any atom is 0.277 e. The number of nitrogens with zero attached hydrogens (tertiary/aromatic N) is 3. The Morgan fingerprint density at radius 2 is 2.03 bits per heavy atom. The van der Waals surface area contributed by atoms with Gasteiger partial charge in [-0.15, -0.1) is 10.2 Å². The molecule has 0 bridgehead atoms. The zero-order chi connectivity index (χ0) is 21.6. The van der Waals surface area contributed by atoms with Crippen LogP contribution >= 0.6 is 11.8 Å². The van der Waals surface area contributed by atoms with E-state index in [0.717, 1.165) is 17.1 Å². The summed E-state index contributed by atoms with van der Waals surface area (Å²) >= 11 is 1.19. The molecule has 2 aromatic carbocycles. The second kappa shape index (κ2) is 9.74. The highest BCUT2D eigenvalue weighted by Gasteiger charge is 2.24. The Morgan fingerprint density at radius 3 is 2.87 bits per heavy atom. The Morgan fingerprint density at radius 1 is 1.19 bits per heavy atom. The Balaban J connectivity index is 1.21. The van der Waals surface area contributed by atoms with E-state index in [0.29, 0.717) is 30.0 Å². The predicted molar refractivity (Wildman–Crippen MR) is 115 cm³/mol. The van der Waals surface area contributed by atoms with Gasteiger partial charge in [-0.05, 0) is 36.8 Å². The van der Waals surface area contributed by atoms with Gasteiger partial charge in [0, 0.05) is 7.05 Å². The molecule has 0 aliphatic carbocycles. The smallest absolute Gasteiger partial charge is 0.277 e. The lowest BCUT2D eigenvalue weighted by atomic mass is 10.2. The number of rotatable bonds is 8. The van der Waals surface area contributed by atoms with Gasteiger partial charge >= 0.3 is 0 Å². The van der Waals surface area contributed by atoms with Crippen molar-refractivity contribution >= 4 is 17.7 Å². The highest BCUT2D eigenvalue weighted by atomic mass is 32.2. The van der Waals surface area contributed by atoms with Crippen LogP contribution in [0.15, 0.2) is 58.2 Å². The number of hydrogen-bond donors (Lipinski definition) is 0. The van der Waals surface area contributed by atoms with Gasteiger partial charge in [0.1, 0.15) is 12.4 Å². The third-order valence-electron chi connectivity index (χ3n) is 4.59. The number of thioether (sulfide) groups is 1. The van der Waals surface area contributed by atoms with Gasteiger partial charge < -0.3 is 23.5 Å². The number of ether oxygens (including phenoxy) is 3. The van der Waals surface area contributed by atoms with Crippen LogP contribution in [0.2, 0.25) is 0 Å². The summed E-state index contributed by atoms with van der Waals surface area (Å²) in [4.78, 5) is 14.1. The number of hydrogen-bond acceptors (Lipinski definition) is 8. The van der Waals surface area contributed by atoms with Crippen molar-refractivity contribution < 1.29 is 23.4 Å². The molecule has 1 amide bonds. The number of para-hydroxylation sites is 2. The van der Waals surface area contributed by atoms with E-state index < -0.39 is 0 Å². The third-order valence-corrected chi connectivity index (χ3v) is 5.39. The molecular weight excluding hydrogens is 418 g/mol. The number of amides is 1. The summed E-state index contributed by atoms with van der Waals surface area (Å²) in [7, 11) is 1.74. The Bertz CT molecular complexity index is 1040. The van der Waals surface area contributed by atoms with Crippen LogP contribution in [0.3, 0.4) is 0 Å². The average molecular weight is 442 g/mol. The van der Waals surface area contributed by atoms with Gasteiger partial charge in [0.2, 0.25) is 5.91 Å². The first kappa shape index (κ1) is 21.0. The van der Waals surface area contributed by atoms with Gasteiger partial charge in [-0.1, -0.05) is 36.0 Å². The molecule has 8 nitrogen and oxygen atoms in total. The van der Waals surface area contributed by atoms with E-state index in [9.17, 15) is 4.79 Å². The topological polar surface area (TPSA) is 86.9 Å². The van der Waals surface area contributed by atoms with Crippen LogP contribution in [0.25, 0.3) is 0 Å². The predicted octanol–water partition coefficient (Wildman–Crippen LogP) is 3.35. The maximum absolute atomic E-state index is 12.5. The second-order valence-corrected chi connectivity index (χ2v) is 8.05. The summed E-state index contributed by atoms with van der Waals surface area (Å²) in [5.74, 6) is 2.63. The summed E-state index contributed by atoms with van der Waals surface area (Å²) in [6, 6.07) is 15.2. The molecule has 3 aromatic rings. The molecule has 9 heteroatoms. The average Bonchev–Trinajstić information content (AvgIpc) is 3.24. The Kier molecular flexibility index (Phi) is 6.61. The fourth-order valence-corrected chi connectivity index (χ4v) is 3.72. The van der Waals surface area contributed by atoms with Crippen molar-refractivity contribution in [2.45, 2.75) is 24.9 Å². The molecule has 2 heterocycles. The number of fused-ring (bicyclic) bond motifs is 1. The van der Waals surface area contributed by atoms with Gasteiger partial charge in [-0.25, -0.2) is 0 Å². The standard InChI is InChI=1S/C22H23N3O5S/c1-15-6-5-7-16(10-15)27-13-20-23-24-22(30-20)31-14-21(26)25(2)11-17-12-28-18-8-3-4-9-19(18)29-17/h3-10,17H,11-14H2,1-2H3/t17-/m0/s1. The number of carbonyl (C=O) groups excluding carboxylic acids is 1. The Hall–Kier alpha value is -3.20. The van der Waals surface area contributed by atoms with Crippen molar-refractivity contribution in [1.82, 2.24) is 15.1 Å². The van der Waals surface area contributed by atoms with Crippen molar-refractivity contribution in [3.05, 3.63) is 60.0 Å². The molecule has 0 spiro atoms. The number of aromatic nitrogens is 2. The van der Waals surface area contributed by atoms with E-state index >= 15 is 0 Å². The first-order valence-corrected chi connectivity index (χ1v) is 10.8. The molecule has 1 aliphatic heterocycles. The summed E-state index contributed by atoms with van der Waals surface area (Å²) in [6.07, 6.45) is -0.220. The number of benzene rings is 2. The maximum atomic E-state index is 12.5. The highest BCUT2D eigenvalue weighted by Crippen LogP contribution is 2.31. The van der Waals surface area contributed by atoms with E-state index in [-0.39, 0.29) is 24.4 Å². The SMILES string of the molecule is Cc1cccc(OCc2nnc(SCC(=O)N(C)C[C@H]3COc4ccccc4O3)o2)c1. The van der Waals surface area contributed by atoms with Gasteiger partial charge in [0.15, 0.2) is 24.2 Å². The minimum atomic E-state index is -0.220. The van der Waals surface area contributed by atoms with Crippen LogP contribution in [0.4, 0.5) is 0 Å². The molecule has 0 N–H and O–H groups in total. The second-order valence-electron chi connectivity index (χ2n) is 7.13. The lowest BCUT2D eigenvalue weighted by Gasteiger charge is -2.29. The quantitative estimate of drug-likeness (QED) is 0.492. The van der Waals surface area contributed by atoms with Gasteiger partial charge in [0.05, 0.1) is 12.3 Å². The normalized spacial score (nSPS) is 14.8. The van der Waals surface area contributed by atoms with Crippen molar-refractivity contribution in [2.75, 3.05) is 26.0 Å². The molecule has 0 saturated heterocycles. The molecule has 1 aliphatic rings. The van der Waals surface area contributed by atoms with Crippen molar-refractivity contribution in [3.8, 4) is 17.2 Å². The van der Waals surface area contributed by atoms with Gasteiger partial charge in [-0.3, -0.25) is 4.79 Å². The first-order chi connectivity index (χ1) is 15.1. The van der Waals surface area contributed by atoms with Crippen LogP contribution in [0.1, 0.15) is 11.5 Å². The van der Waals surface area contributed by atoms with E-state index in [1.807, 2.05) is 55.5 Å². The van der Waals surface area contributed by atoms with Crippen LogP contribution in [-0.4, -0.2) is 53.1 Å². The van der Waals surface area contributed by atoms with Gasteiger partial charge in [0.25, 0.3) is 11.1 Å². The van der Waals surface area contributed by atoms with Crippen LogP contribution in [0, 0.1) is 6.92 Å². The minimum absolute atomic E-state index is 0.0665. The van der Waals surface area contributed by atoms with E-state index in [1.54, 1.807) is 11.9 Å². The largest absolute Gasteiger partial charge is 0.486 e. The molecule has 4 rings (SSSR count). The van der Waals surface area contributed by atoms with E-state index in [4.69, 9.17) is 18.6 Å². The fourth-order valence-electron chi connectivity index (χ4n) is 3.00. The van der Waals surface area contributed by atoms with Crippen molar-refractivity contribution in [2.24, 2.45) is 0 Å². The summed E-state index contributed by atoms with van der Waals surface area (Å²) in [5, 5.41) is 8.27. The summed E-state index contributed by atoms with van der Waals surface area (Å²) in [6.45, 7) is 2.99. The lowest BCUT2D eigenvalue weighted by Crippen LogP contribution is -2.42. The molecule has 0 radical (unpaired) electrons. The fraction of sp³-hybridized carbons (Fsp3) is 0.318. The van der Waals surface area contributed by atoms with Gasteiger partial charge in [-0.2, -0.15) is 0 Å². The van der Waals surface area contributed by atoms with E-state index in [1.165, 1.54) is 11.8 Å². The molecule has 0 saturated carbocycles. The molecule has 31 heavy (non-hydrogen) atoms. The molecule has 0 unspecified atom stereocenters. The van der Waals surface area contributed by atoms with Crippen LogP contribution < -0.4 is 14.2 Å². The van der Waals surface area contributed by atoms with Crippen LogP contribution in [0.5, 0.6) is 17.2 Å². The van der Waals surface area contributed by atoms with Crippen molar-refractivity contribution in [1.29, 1.82) is 0 Å².